The van der Waals surface area contributed by atoms with Crippen molar-refractivity contribution >= 4 is 60.2 Å². The molecule has 0 spiro atoms. The van der Waals surface area contributed by atoms with Crippen molar-refractivity contribution in [2.75, 3.05) is 4.90 Å². The van der Waals surface area contributed by atoms with Gasteiger partial charge < -0.3 is 4.90 Å². The maximum absolute atomic E-state index is 2.36. The summed E-state index contributed by atoms with van der Waals surface area (Å²) in [6, 6.07) is 68.2. The van der Waals surface area contributed by atoms with E-state index in [2.05, 4.69) is 193 Å². The first-order valence-electron chi connectivity index (χ1n) is 16.2. The van der Waals surface area contributed by atoms with E-state index in [0.717, 1.165) is 17.1 Å². The zero-order valence-electron chi connectivity index (χ0n) is 25.8. The van der Waals surface area contributed by atoms with E-state index in [4.69, 9.17) is 0 Å². The van der Waals surface area contributed by atoms with Crippen LogP contribution in [0.2, 0.25) is 0 Å². The van der Waals surface area contributed by atoms with Gasteiger partial charge >= 0.3 is 0 Å². The first-order chi connectivity index (χ1) is 23.3. The van der Waals surface area contributed by atoms with E-state index in [9.17, 15) is 0 Å². The van der Waals surface area contributed by atoms with Gasteiger partial charge in [0, 0.05) is 17.1 Å². The van der Waals surface area contributed by atoms with Gasteiger partial charge in [0.05, 0.1) is 0 Å². The Morgan fingerprint density at radius 2 is 0.638 bits per heavy atom. The maximum atomic E-state index is 2.36. The average Bonchev–Trinajstić information content (AvgIpc) is 3.16. The summed E-state index contributed by atoms with van der Waals surface area (Å²) in [6.45, 7) is 0. The Morgan fingerprint density at radius 1 is 0.234 bits per heavy atom. The van der Waals surface area contributed by atoms with E-state index in [1.807, 2.05) is 0 Å². The molecule has 0 bridgehead atoms. The lowest BCUT2D eigenvalue weighted by molar-refractivity contribution is 1.28. The lowest BCUT2D eigenvalue weighted by Crippen LogP contribution is -2.09. The second-order valence-corrected chi connectivity index (χ2v) is 12.2. The van der Waals surface area contributed by atoms with Gasteiger partial charge in [-0.25, -0.2) is 0 Å². The highest BCUT2D eigenvalue weighted by Crippen LogP contribution is 2.39. The molecule has 0 aliphatic rings. The molecule has 9 rings (SSSR count). The normalized spacial score (nSPS) is 11.4. The van der Waals surface area contributed by atoms with Gasteiger partial charge in [-0.05, 0) is 114 Å². The van der Waals surface area contributed by atoms with E-state index >= 15 is 0 Å². The Balaban J connectivity index is 1.09. The molecule has 0 amide bonds. The molecule has 220 valence electrons. The third-order valence-electron chi connectivity index (χ3n) is 9.43. The predicted molar refractivity (Wildman–Crippen MR) is 202 cm³/mol. The molecule has 0 fully saturated rings. The van der Waals surface area contributed by atoms with Gasteiger partial charge in [0.1, 0.15) is 0 Å². The van der Waals surface area contributed by atoms with Gasteiger partial charge in [-0.2, -0.15) is 0 Å². The molecular weight excluding hydrogens is 567 g/mol. The number of hydrogen-bond acceptors (Lipinski definition) is 1. The number of anilines is 3. The van der Waals surface area contributed by atoms with Crippen molar-refractivity contribution in [1.82, 2.24) is 0 Å². The first-order valence-corrected chi connectivity index (χ1v) is 16.2. The highest BCUT2D eigenvalue weighted by molar-refractivity contribution is 6.25. The lowest BCUT2D eigenvalue weighted by Gasteiger charge is -2.26. The van der Waals surface area contributed by atoms with Crippen LogP contribution >= 0.6 is 0 Å². The van der Waals surface area contributed by atoms with E-state index in [0.29, 0.717) is 0 Å². The van der Waals surface area contributed by atoms with Crippen LogP contribution in [0, 0.1) is 0 Å². The van der Waals surface area contributed by atoms with E-state index < -0.39 is 0 Å². The Morgan fingerprint density at radius 3 is 1.23 bits per heavy atom. The second kappa shape index (κ2) is 11.3. The molecule has 0 heterocycles. The minimum Gasteiger partial charge on any atom is -0.311 e. The van der Waals surface area contributed by atoms with Gasteiger partial charge in [-0.1, -0.05) is 140 Å². The number of para-hydroxylation sites is 1. The summed E-state index contributed by atoms with van der Waals surface area (Å²) in [7, 11) is 0. The van der Waals surface area contributed by atoms with Crippen LogP contribution in [0.1, 0.15) is 0 Å². The molecule has 0 aliphatic heterocycles. The molecule has 0 aromatic heterocycles. The molecule has 0 saturated heterocycles. The Bertz CT molecular complexity index is 2510. The Labute approximate surface area is 274 Å². The zero-order valence-corrected chi connectivity index (χ0v) is 25.8. The summed E-state index contributed by atoms with van der Waals surface area (Å²) in [5.41, 5.74) is 8.22. The maximum Gasteiger partial charge on any atom is 0.0462 e. The van der Waals surface area contributed by atoms with Gasteiger partial charge in [0.2, 0.25) is 0 Å². The lowest BCUT2D eigenvalue weighted by atomic mass is 9.92. The van der Waals surface area contributed by atoms with Gasteiger partial charge in [-0.3, -0.25) is 0 Å². The third kappa shape index (κ3) is 4.81. The van der Waals surface area contributed by atoms with Crippen molar-refractivity contribution in [2.45, 2.75) is 0 Å². The highest BCUT2D eigenvalue weighted by atomic mass is 15.1. The summed E-state index contributed by atoms with van der Waals surface area (Å²) in [5, 5.41) is 10.3. The quantitative estimate of drug-likeness (QED) is 0.178. The van der Waals surface area contributed by atoms with E-state index in [1.165, 1.54) is 65.3 Å². The predicted octanol–water partition coefficient (Wildman–Crippen LogP) is 13.1. The third-order valence-corrected chi connectivity index (χ3v) is 9.43. The number of nitrogens with zero attached hydrogens (tertiary/aromatic N) is 1. The van der Waals surface area contributed by atoms with Crippen LogP contribution in [-0.4, -0.2) is 0 Å². The van der Waals surface area contributed by atoms with Crippen LogP contribution in [0.15, 0.2) is 188 Å². The molecule has 9 aromatic carbocycles. The topological polar surface area (TPSA) is 3.24 Å². The van der Waals surface area contributed by atoms with Crippen LogP contribution in [0.25, 0.3) is 65.3 Å². The number of rotatable bonds is 5. The van der Waals surface area contributed by atoms with Gasteiger partial charge in [0.25, 0.3) is 0 Å². The molecule has 9 aromatic rings. The molecule has 1 heteroatoms. The first kappa shape index (κ1) is 27.2. The van der Waals surface area contributed by atoms with Crippen molar-refractivity contribution in [3.05, 3.63) is 188 Å². The number of fused-ring (bicyclic) bond motifs is 7. The van der Waals surface area contributed by atoms with Crippen molar-refractivity contribution in [3.8, 4) is 22.3 Å². The summed E-state index contributed by atoms with van der Waals surface area (Å²) in [5.74, 6) is 0. The smallest absolute Gasteiger partial charge is 0.0462 e. The molecule has 0 saturated carbocycles. The van der Waals surface area contributed by atoms with Crippen LogP contribution in [-0.2, 0) is 0 Å². The molecule has 1 nitrogen and oxygen atoms in total. The van der Waals surface area contributed by atoms with Crippen LogP contribution < -0.4 is 4.90 Å². The second-order valence-electron chi connectivity index (χ2n) is 12.2. The monoisotopic (exact) mass is 597 g/mol. The fourth-order valence-corrected chi connectivity index (χ4v) is 7.09. The van der Waals surface area contributed by atoms with Crippen molar-refractivity contribution in [1.29, 1.82) is 0 Å². The molecule has 0 atom stereocenters. The fourth-order valence-electron chi connectivity index (χ4n) is 7.09. The Kier molecular flexibility index (Phi) is 6.54. The molecule has 0 radical (unpaired) electrons. The fraction of sp³-hybridized carbons (Fsp3) is 0. The molecular formula is C46H31N. The molecule has 0 unspecified atom stereocenters. The highest BCUT2D eigenvalue weighted by Gasteiger charge is 2.14. The number of hydrogen-bond donors (Lipinski definition) is 0. The minimum absolute atomic E-state index is 1.12. The Hall–Kier alpha value is -6.18. The average molecular weight is 598 g/mol. The summed E-state index contributed by atoms with van der Waals surface area (Å²) >= 11 is 0. The van der Waals surface area contributed by atoms with Gasteiger partial charge in [-0.15, -0.1) is 0 Å². The van der Waals surface area contributed by atoms with Gasteiger partial charge in [0.15, 0.2) is 0 Å². The standard InChI is InChI=1S/C46H31N/c1-2-12-38(13-3-1)47(39-25-20-33(21-26-39)36-19-18-32-10-4-5-11-35(32)30-36)40-27-22-34(23-28-40)37-24-29-45-43-16-7-6-14-41(43)42-15-8-9-17-44(42)46(45)31-37/h1-31H. The summed E-state index contributed by atoms with van der Waals surface area (Å²) in [4.78, 5) is 2.33. The van der Waals surface area contributed by atoms with Crippen LogP contribution in [0.3, 0.4) is 0 Å². The van der Waals surface area contributed by atoms with E-state index in [1.54, 1.807) is 0 Å². The van der Waals surface area contributed by atoms with Crippen molar-refractivity contribution < 1.29 is 0 Å². The number of benzene rings is 9. The summed E-state index contributed by atoms with van der Waals surface area (Å²) < 4.78 is 0. The van der Waals surface area contributed by atoms with Crippen LogP contribution in [0.5, 0.6) is 0 Å². The molecule has 47 heavy (non-hydrogen) atoms. The van der Waals surface area contributed by atoms with E-state index in [-0.39, 0.29) is 0 Å². The van der Waals surface area contributed by atoms with Crippen molar-refractivity contribution in [2.24, 2.45) is 0 Å². The zero-order chi connectivity index (χ0) is 31.2. The minimum atomic E-state index is 1.12. The largest absolute Gasteiger partial charge is 0.311 e. The summed E-state index contributed by atoms with van der Waals surface area (Å²) in [6.07, 6.45) is 0. The molecule has 0 N–H and O–H groups in total. The van der Waals surface area contributed by atoms with Crippen LogP contribution in [0.4, 0.5) is 17.1 Å². The molecule has 0 aliphatic carbocycles. The van der Waals surface area contributed by atoms with Crippen molar-refractivity contribution in [3.63, 3.8) is 0 Å². The SMILES string of the molecule is c1ccc(N(c2ccc(-c3ccc4ccccc4c3)cc2)c2ccc(-c3ccc4c5ccccc5c5ccccc5c4c3)cc2)cc1.